The summed E-state index contributed by atoms with van der Waals surface area (Å²) in [7, 11) is 0. The number of nitrogens with zero attached hydrogens (tertiary/aromatic N) is 2. The van der Waals surface area contributed by atoms with Crippen molar-refractivity contribution in [3.05, 3.63) is 0 Å². The molecule has 1 unspecified atom stereocenters. The zero-order valence-corrected chi connectivity index (χ0v) is 11.8. The van der Waals surface area contributed by atoms with E-state index in [0.717, 1.165) is 32.1 Å². The standard InChI is InChI=1S/C14H27N3/c1-12(2)6-8-17-11-14(3,4)10-16-9-13(17)5-7-15/h12-13,16H,5-6,8-11H2,1-4H3. The lowest BCUT2D eigenvalue weighted by Crippen LogP contribution is -2.42. The van der Waals surface area contributed by atoms with Gasteiger partial charge in [0.1, 0.15) is 0 Å². The molecule has 1 heterocycles. The summed E-state index contributed by atoms with van der Waals surface area (Å²) in [5.41, 5.74) is 0.307. The van der Waals surface area contributed by atoms with Gasteiger partial charge in [-0.2, -0.15) is 5.26 Å². The Hall–Kier alpha value is -0.590. The zero-order chi connectivity index (χ0) is 12.9. The summed E-state index contributed by atoms with van der Waals surface area (Å²) in [5, 5.41) is 12.4. The predicted octanol–water partition coefficient (Wildman–Crippen LogP) is 2.25. The van der Waals surface area contributed by atoms with Gasteiger partial charge in [-0.15, -0.1) is 0 Å². The molecule has 0 radical (unpaired) electrons. The molecule has 1 rings (SSSR count). The van der Waals surface area contributed by atoms with E-state index in [-0.39, 0.29) is 0 Å². The van der Waals surface area contributed by atoms with Crippen LogP contribution >= 0.6 is 0 Å². The Bertz CT molecular complexity index is 265. The van der Waals surface area contributed by atoms with Crippen LogP contribution in [0.25, 0.3) is 0 Å². The third-order valence-corrected chi connectivity index (χ3v) is 3.45. The van der Waals surface area contributed by atoms with Crippen LogP contribution in [-0.2, 0) is 0 Å². The molecule has 0 aromatic rings. The van der Waals surface area contributed by atoms with Crippen molar-refractivity contribution >= 4 is 0 Å². The van der Waals surface area contributed by atoms with Gasteiger partial charge >= 0.3 is 0 Å². The fourth-order valence-corrected chi connectivity index (χ4v) is 2.43. The highest BCUT2D eigenvalue weighted by Gasteiger charge is 2.29. The fourth-order valence-electron chi connectivity index (χ4n) is 2.43. The van der Waals surface area contributed by atoms with Crippen LogP contribution in [0, 0.1) is 22.7 Å². The van der Waals surface area contributed by atoms with Crippen LogP contribution in [0.4, 0.5) is 0 Å². The Morgan fingerprint density at radius 1 is 1.47 bits per heavy atom. The highest BCUT2D eigenvalue weighted by atomic mass is 15.2. The third kappa shape index (κ3) is 5.06. The molecule has 0 aromatic carbocycles. The van der Waals surface area contributed by atoms with Crippen LogP contribution in [0.2, 0.25) is 0 Å². The van der Waals surface area contributed by atoms with Crippen LogP contribution in [0.5, 0.6) is 0 Å². The van der Waals surface area contributed by atoms with Gasteiger partial charge in [0.05, 0.1) is 12.5 Å². The molecule has 3 nitrogen and oxygen atoms in total. The van der Waals surface area contributed by atoms with Crippen molar-refractivity contribution in [1.29, 1.82) is 5.26 Å². The maximum Gasteiger partial charge on any atom is 0.0638 e. The van der Waals surface area contributed by atoms with Gasteiger partial charge in [-0.3, -0.25) is 4.90 Å². The molecule has 0 aromatic heterocycles. The first-order valence-corrected chi connectivity index (χ1v) is 6.76. The maximum atomic E-state index is 8.93. The van der Waals surface area contributed by atoms with Gasteiger partial charge in [0.15, 0.2) is 0 Å². The molecule has 0 saturated carbocycles. The molecule has 1 aliphatic heterocycles. The molecule has 1 saturated heterocycles. The maximum absolute atomic E-state index is 8.93. The highest BCUT2D eigenvalue weighted by molar-refractivity contribution is 4.90. The molecule has 0 bridgehead atoms. The smallest absolute Gasteiger partial charge is 0.0638 e. The van der Waals surface area contributed by atoms with Crippen LogP contribution < -0.4 is 5.32 Å². The predicted molar refractivity (Wildman–Crippen MR) is 71.7 cm³/mol. The van der Waals surface area contributed by atoms with Crippen LogP contribution in [0.3, 0.4) is 0 Å². The molecule has 1 aliphatic rings. The average Bonchev–Trinajstić information content (AvgIpc) is 2.35. The van der Waals surface area contributed by atoms with Gasteiger partial charge < -0.3 is 5.32 Å². The topological polar surface area (TPSA) is 39.1 Å². The van der Waals surface area contributed by atoms with Gasteiger partial charge in [0.2, 0.25) is 0 Å². The molecular formula is C14H27N3. The minimum absolute atomic E-state index is 0.307. The Labute approximate surface area is 106 Å². The van der Waals surface area contributed by atoms with Crippen molar-refractivity contribution in [2.24, 2.45) is 11.3 Å². The van der Waals surface area contributed by atoms with Gasteiger partial charge in [-0.05, 0) is 24.3 Å². The fraction of sp³-hybridized carbons (Fsp3) is 0.929. The van der Waals surface area contributed by atoms with E-state index in [1.165, 1.54) is 6.42 Å². The number of hydrogen-bond acceptors (Lipinski definition) is 3. The highest BCUT2D eigenvalue weighted by Crippen LogP contribution is 2.22. The lowest BCUT2D eigenvalue weighted by atomic mass is 9.92. The van der Waals surface area contributed by atoms with Gasteiger partial charge in [-0.25, -0.2) is 0 Å². The van der Waals surface area contributed by atoms with E-state index in [0.29, 0.717) is 17.9 Å². The number of nitrogens with one attached hydrogen (secondary N) is 1. The second-order valence-corrected chi connectivity index (χ2v) is 6.46. The summed E-state index contributed by atoms with van der Waals surface area (Å²) in [6.07, 6.45) is 1.86. The van der Waals surface area contributed by atoms with Crippen molar-refractivity contribution in [2.45, 2.75) is 46.6 Å². The molecule has 1 fully saturated rings. The van der Waals surface area contributed by atoms with E-state index in [9.17, 15) is 0 Å². The second kappa shape index (κ2) is 6.37. The molecule has 0 amide bonds. The SMILES string of the molecule is CC(C)CCN1CC(C)(C)CNCC1CC#N. The molecule has 1 N–H and O–H groups in total. The summed E-state index contributed by atoms with van der Waals surface area (Å²) in [6.45, 7) is 13.4. The van der Waals surface area contributed by atoms with Crippen molar-refractivity contribution in [3.63, 3.8) is 0 Å². The lowest BCUT2D eigenvalue weighted by Gasteiger charge is -2.33. The largest absolute Gasteiger partial charge is 0.315 e. The van der Waals surface area contributed by atoms with E-state index >= 15 is 0 Å². The normalized spacial score (nSPS) is 25.5. The quantitative estimate of drug-likeness (QED) is 0.815. The van der Waals surface area contributed by atoms with Crippen molar-refractivity contribution in [2.75, 3.05) is 26.2 Å². The first-order valence-electron chi connectivity index (χ1n) is 6.76. The molecular weight excluding hydrogens is 210 g/mol. The molecule has 3 heteroatoms. The molecule has 17 heavy (non-hydrogen) atoms. The average molecular weight is 237 g/mol. The summed E-state index contributed by atoms with van der Waals surface area (Å²) < 4.78 is 0. The van der Waals surface area contributed by atoms with E-state index in [1.54, 1.807) is 0 Å². The Morgan fingerprint density at radius 2 is 2.18 bits per heavy atom. The van der Waals surface area contributed by atoms with Gasteiger partial charge in [0, 0.05) is 25.7 Å². The van der Waals surface area contributed by atoms with E-state index in [4.69, 9.17) is 5.26 Å². The lowest BCUT2D eigenvalue weighted by molar-refractivity contribution is 0.151. The van der Waals surface area contributed by atoms with Gasteiger partial charge in [-0.1, -0.05) is 27.7 Å². The van der Waals surface area contributed by atoms with E-state index in [2.05, 4.69) is 44.0 Å². The van der Waals surface area contributed by atoms with Crippen LogP contribution in [-0.4, -0.2) is 37.1 Å². The van der Waals surface area contributed by atoms with Crippen molar-refractivity contribution in [1.82, 2.24) is 10.2 Å². The third-order valence-electron chi connectivity index (χ3n) is 3.45. The minimum atomic E-state index is 0.307. The zero-order valence-electron chi connectivity index (χ0n) is 11.8. The summed E-state index contributed by atoms with van der Waals surface area (Å²) >= 11 is 0. The number of hydrogen-bond donors (Lipinski definition) is 1. The first kappa shape index (κ1) is 14.5. The van der Waals surface area contributed by atoms with Crippen molar-refractivity contribution in [3.8, 4) is 6.07 Å². The molecule has 0 aliphatic carbocycles. The summed E-state index contributed by atoms with van der Waals surface area (Å²) in [4.78, 5) is 2.52. The van der Waals surface area contributed by atoms with Crippen LogP contribution in [0.1, 0.15) is 40.5 Å². The minimum Gasteiger partial charge on any atom is -0.315 e. The van der Waals surface area contributed by atoms with E-state index in [1.807, 2.05) is 0 Å². The monoisotopic (exact) mass is 237 g/mol. The molecule has 1 atom stereocenters. The first-order chi connectivity index (χ1) is 7.94. The summed E-state index contributed by atoms with van der Waals surface area (Å²) in [5.74, 6) is 0.733. The Balaban J connectivity index is 2.64. The van der Waals surface area contributed by atoms with E-state index < -0.39 is 0 Å². The molecule has 0 spiro atoms. The van der Waals surface area contributed by atoms with Crippen LogP contribution in [0.15, 0.2) is 0 Å². The van der Waals surface area contributed by atoms with Crippen molar-refractivity contribution < 1.29 is 0 Å². The van der Waals surface area contributed by atoms with Gasteiger partial charge in [0.25, 0.3) is 0 Å². The Morgan fingerprint density at radius 3 is 2.76 bits per heavy atom. The number of rotatable bonds is 4. The number of nitriles is 1. The molecule has 98 valence electrons. The Kier molecular flexibility index (Phi) is 5.42. The second-order valence-electron chi connectivity index (χ2n) is 6.46. The summed E-state index contributed by atoms with van der Waals surface area (Å²) in [6, 6.07) is 2.72.